The van der Waals surface area contributed by atoms with Crippen LogP contribution < -0.4 is 130 Å². The van der Waals surface area contributed by atoms with Gasteiger partial charge in [-0.15, -0.1) is 0 Å². The molecule has 0 fully saturated rings. The van der Waals surface area contributed by atoms with Crippen molar-refractivity contribution in [2.24, 2.45) is 11.5 Å². The standard InChI is InChI=1S/2C4H6O4.C2H8N2.Fe.4Na.4H/c2*5-3(6)1-2-4(7)8;3-1-2-4;;;;;;;;;/h2*1-2H2,(H,5,6)(H,7,8);1-4H2;;;;;;;;;/q;;;;4*+1;4*-1. The van der Waals surface area contributed by atoms with E-state index in [0.717, 1.165) is 0 Å². The third-order valence-corrected chi connectivity index (χ3v) is 1.27. The predicted molar refractivity (Wildman–Crippen MR) is 71.6 cm³/mol. The van der Waals surface area contributed by atoms with Crippen molar-refractivity contribution in [3.05, 3.63) is 0 Å². The number of hydrogen-bond donors (Lipinski definition) is 6. The second-order valence-electron chi connectivity index (χ2n) is 3.15. The Bertz CT molecular complexity index is 286. The average Bonchev–Trinajstić information content (AvgIpc) is 2.35. The van der Waals surface area contributed by atoms with Gasteiger partial charge in [-0.2, -0.15) is 0 Å². The van der Waals surface area contributed by atoms with Crippen LogP contribution >= 0.6 is 0 Å². The third kappa shape index (κ3) is 87.7. The van der Waals surface area contributed by atoms with Crippen LogP contribution in [0.25, 0.3) is 0 Å². The fourth-order valence-corrected chi connectivity index (χ4v) is 0.428. The van der Waals surface area contributed by atoms with Crippen LogP contribution in [0.4, 0.5) is 0 Å². The summed E-state index contributed by atoms with van der Waals surface area (Å²) in [5.74, 6) is -4.31. The van der Waals surface area contributed by atoms with E-state index in [1.54, 1.807) is 0 Å². The van der Waals surface area contributed by atoms with Gasteiger partial charge in [-0.3, -0.25) is 19.2 Å². The molecule has 25 heavy (non-hydrogen) atoms. The largest absolute Gasteiger partial charge is 1.00 e. The first-order valence-electron chi connectivity index (χ1n) is 5.44. The summed E-state index contributed by atoms with van der Waals surface area (Å²) in [6.07, 6.45) is -1.19. The summed E-state index contributed by atoms with van der Waals surface area (Å²) in [6, 6.07) is 0. The molecule has 0 saturated heterocycles. The second-order valence-corrected chi connectivity index (χ2v) is 3.15. The first kappa shape index (κ1) is 50.7. The van der Waals surface area contributed by atoms with E-state index in [-0.39, 0.29) is 167 Å². The van der Waals surface area contributed by atoms with Crippen LogP contribution in [0, 0.1) is 0 Å². The van der Waals surface area contributed by atoms with Gasteiger partial charge in [0.05, 0.1) is 25.7 Å². The Kier molecular flexibility index (Phi) is 82.9. The average molecular weight is 448 g/mol. The summed E-state index contributed by atoms with van der Waals surface area (Å²) in [7, 11) is 0. The topological polar surface area (TPSA) is 201 Å². The molecule has 0 saturated carbocycles. The Labute approximate surface area is 251 Å². The zero-order chi connectivity index (χ0) is 16.6. The van der Waals surface area contributed by atoms with Crippen molar-refractivity contribution in [2.45, 2.75) is 25.7 Å². The number of carboxylic acids is 4. The molecule has 0 heterocycles. The summed E-state index contributed by atoms with van der Waals surface area (Å²) in [5, 5.41) is 31.6. The van der Waals surface area contributed by atoms with E-state index in [9.17, 15) is 19.2 Å². The molecule has 0 aliphatic carbocycles. The molecule has 0 aromatic heterocycles. The molecule has 15 heteroatoms. The summed E-state index contributed by atoms with van der Waals surface area (Å²) in [4.78, 5) is 38.6. The Morgan fingerprint density at radius 3 is 0.720 bits per heavy atom. The minimum atomic E-state index is -1.08. The number of nitrogens with two attached hydrogens (primary N) is 2. The van der Waals surface area contributed by atoms with E-state index in [2.05, 4.69) is 0 Å². The summed E-state index contributed by atoms with van der Waals surface area (Å²) in [6.45, 7) is 1.19. The molecule has 0 bridgehead atoms. The van der Waals surface area contributed by atoms with Crippen molar-refractivity contribution in [2.75, 3.05) is 13.1 Å². The number of carboxylic acid groups (broad SMARTS) is 4. The van der Waals surface area contributed by atoms with Gasteiger partial charge in [-0.1, -0.05) is 0 Å². The molecule has 0 spiro atoms. The molecule has 0 aromatic carbocycles. The number of carbonyl (C=O) groups is 4. The molecular formula is C10H24FeN2Na4O8. The first-order valence-corrected chi connectivity index (χ1v) is 5.44. The minimum Gasteiger partial charge on any atom is -1.00 e. The molecule has 8 N–H and O–H groups in total. The first-order chi connectivity index (χ1) is 9.17. The molecule has 0 amide bonds. The van der Waals surface area contributed by atoms with Crippen LogP contribution in [0.5, 0.6) is 0 Å². The van der Waals surface area contributed by atoms with Gasteiger partial charge in [-0.25, -0.2) is 0 Å². The maximum Gasteiger partial charge on any atom is 1.00 e. The number of rotatable bonds is 7. The van der Waals surface area contributed by atoms with Crippen LogP contribution in [0.15, 0.2) is 0 Å². The van der Waals surface area contributed by atoms with Crippen LogP contribution in [0.1, 0.15) is 31.4 Å². The third-order valence-electron chi connectivity index (χ3n) is 1.27. The summed E-state index contributed by atoms with van der Waals surface area (Å²) in [5.41, 5.74) is 9.81. The van der Waals surface area contributed by atoms with Crippen molar-refractivity contribution in [3.63, 3.8) is 0 Å². The summed E-state index contributed by atoms with van der Waals surface area (Å²) >= 11 is 0. The maximum absolute atomic E-state index is 9.64. The Balaban J connectivity index is -0.0000000134. The van der Waals surface area contributed by atoms with Crippen molar-refractivity contribution < 1.29 is 181 Å². The van der Waals surface area contributed by atoms with E-state index in [0.29, 0.717) is 13.1 Å². The molecule has 0 atom stereocenters. The predicted octanol–water partition coefficient (Wildman–Crippen LogP) is -12.8. The normalized spacial score (nSPS) is 6.64. The molecule has 0 unspecified atom stereocenters. The van der Waals surface area contributed by atoms with Gasteiger partial charge in [0.1, 0.15) is 0 Å². The number of hydrogen-bond acceptors (Lipinski definition) is 6. The van der Waals surface area contributed by atoms with Crippen LogP contribution in [-0.4, -0.2) is 57.4 Å². The molecular weight excluding hydrogens is 424 g/mol. The van der Waals surface area contributed by atoms with Crippen LogP contribution in [0.3, 0.4) is 0 Å². The van der Waals surface area contributed by atoms with E-state index in [4.69, 9.17) is 31.9 Å². The summed E-state index contributed by atoms with van der Waals surface area (Å²) < 4.78 is 0. The van der Waals surface area contributed by atoms with Gasteiger partial charge in [0.15, 0.2) is 0 Å². The van der Waals surface area contributed by atoms with Crippen molar-refractivity contribution in [1.29, 1.82) is 0 Å². The quantitative estimate of drug-likeness (QED) is 0.203. The number of aliphatic carboxylic acids is 4. The van der Waals surface area contributed by atoms with E-state index >= 15 is 0 Å². The van der Waals surface area contributed by atoms with E-state index < -0.39 is 23.9 Å². The zero-order valence-corrected chi connectivity index (χ0v) is 24.3. The SMILES string of the molecule is NCCN.O=C(O)CCC(=O)O.O=C(O)CCC(=O)O.[Fe].[H-].[H-].[H-].[H-].[Na+].[Na+].[Na+].[Na+]. The Morgan fingerprint density at radius 2 is 0.680 bits per heavy atom. The van der Waals surface area contributed by atoms with Gasteiger partial charge in [0.2, 0.25) is 0 Å². The van der Waals surface area contributed by atoms with Crippen LogP contribution in [0.2, 0.25) is 0 Å². The molecule has 0 aliphatic rings. The van der Waals surface area contributed by atoms with Crippen molar-refractivity contribution in [3.8, 4) is 0 Å². The second kappa shape index (κ2) is 40.9. The molecule has 10 nitrogen and oxygen atoms in total. The van der Waals surface area contributed by atoms with Gasteiger partial charge in [0.25, 0.3) is 0 Å². The van der Waals surface area contributed by atoms with Gasteiger partial charge >= 0.3 is 142 Å². The van der Waals surface area contributed by atoms with E-state index in [1.165, 1.54) is 0 Å². The van der Waals surface area contributed by atoms with Gasteiger partial charge < -0.3 is 37.6 Å². The van der Waals surface area contributed by atoms with Gasteiger partial charge in [0, 0.05) is 30.2 Å². The Hall–Kier alpha value is 2.32. The van der Waals surface area contributed by atoms with Crippen LogP contribution in [-0.2, 0) is 36.2 Å². The molecule has 0 rings (SSSR count). The smallest absolute Gasteiger partial charge is 1.00 e. The van der Waals surface area contributed by atoms with Crippen molar-refractivity contribution >= 4 is 23.9 Å². The molecule has 0 aliphatic heterocycles. The Morgan fingerprint density at radius 1 is 0.560 bits per heavy atom. The zero-order valence-electron chi connectivity index (χ0n) is 19.2. The fraction of sp³-hybridized carbons (Fsp3) is 0.600. The van der Waals surface area contributed by atoms with Gasteiger partial charge in [-0.05, 0) is 0 Å². The van der Waals surface area contributed by atoms with E-state index in [1.807, 2.05) is 0 Å². The molecule has 0 aromatic rings. The molecule has 0 radical (unpaired) electrons. The fourth-order valence-electron chi connectivity index (χ4n) is 0.428. The molecule has 134 valence electrons. The minimum absolute atomic E-state index is 0. The monoisotopic (exact) mass is 448 g/mol. The maximum atomic E-state index is 9.64. The van der Waals surface area contributed by atoms with Crippen molar-refractivity contribution in [1.82, 2.24) is 0 Å².